The molecular formula is C24H44N4O2+2. The van der Waals surface area contributed by atoms with Gasteiger partial charge in [0.1, 0.15) is 39.3 Å². The summed E-state index contributed by atoms with van der Waals surface area (Å²) in [7, 11) is 0. The zero-order valence-corrected chi connectivity index (χ0v) is 19.8. The summed E-state index contributed by atoms with van der Waals surface area (Å²) < 4.78 is 1.92. The topological polar surface area (TPSA) is 40.6 Å². The second-order valence-electron chi connectivity index (χ2n) is 11.8. The molecule has 0 saturated carbocycles. The maximum atomic E-state index is 13.1. The molecule has 0 radical (unpaired) electrons. The van der Waals surface area contributed by atoms with E-state index in [1.54, 1.807) is 0 Å². The molecule has 30 heavy (non-hydrogen) atoms. The van der Waals surface area contributed by atoms with Crippen LogP contribution in [0, 0.1) is 23.7 Å². The van der Waals surface area contributed by atoms with Crippen LogP contribution in [0.2, 0.25) is 0 Å². The van der Waals surface area contributed by atoms with Crippen LogP contribution in [0.25, 0.3) is 0 Å². The molecule has 2 amide bonds. The normalized spacial score (nSPS) is 41.7. The van der Waals surface area contributed by atoms with Crippen molar-refractivity contribution >= 4 is 11.8 Å². The van der Waals surface area contributed by atoms with Crippen LogP contribution in [0.1, 0.15) is 40.5 Å². The van der Waals surface area contributed by atoms with Gasteiger partial charge in [-0.25, -0.2) is 0 Å². The van der Waals surface area contributed by atoms with Crippen molar-refractivity contribution in [3.8, 4) is 0 Å². The number of nitrogens with zero attached hydrogens (tertiary/aromatic N) is 4. The Morgan fingerprint density at radius 2 is 0.867 bits per heavy atom. The SMILES string of the molecule is CC1CC(C)CN(C(=O)C[N+]23CC[N+](CC(=O)N4CC(C)CC(C)C4)(CC2)CC3)C1. The van der Waals surface area contributed by atoms with E-state index in [0.717, 1.165) is 74.4 Å². The van der Waals surface area contributed by atoms with Gasteiger partial charge >= 0.3 is 0 Å². The molecule has 0 aromatic rings. The van der Waals surface area contributed by atoms with Gasteiger partial charge in [-0.2, -0.15) is 0 Å². The van der Waals surface area contributed by atoms with Crippen LogP contribution in [0.5, 0.6) is 0 Å². The van der Waals surface area contributed by atoms with E-state index in [9.17, 15) is 9.59 Å². The Balaban J connectivity index is 1.31. The Morgan fingerprint density at radius 1 is 0.600 bits per heavy atom. The molecule has 4 atom stereocenters. The third-order valence-electron chi connectivity index (χ3n) is 8.53. The third-order valence-corrected chi connectivity index (χ3v) is 8.53. The number of fused-ring (bicyclic) bond motifs is 3. The number of piperazine rings is 3. The van der Waals surface area contributed by atoms with Gasteiger partial charge in [-0.1, -0.05) is 27.7 Å². The van der Waals surface area contributed by atoms with E-state index in [2.05, 4.69) is 37.5 Å². The molecule has 0 aromatic heterocycles. The molecule has 5 saturated heterocycles. The largest absolute Gasteiger partial charge is 0.337 e. The number of hydrogen-bond acceptors (Lipinski definition) is 2. The zero-order valence-electron chi connectivity index (χ0n) is 19.8. The molecule has 2 bridgehead atoms. The van der Waals surface area contributed by atoms with Crippen LogP contribution in [-0.2, 0) is 9.59 Å². The Morgan fingerprint density at radius 3 is 1.13 bits per heavy atom. The standard InChI is InChI=1S/C24H44N4O2/c1-19-11-20(2)14-25(13-19)23(29)17-27-5-8-28(9-6-27,10-7-27)18-24(30)26-15-21(3)12-22(4)16-26/h19-22H,5-18H2,1-4H3/q+2. The van der Waals surface area contributed by atoms with Crippen molar-refractivity contribution in [2.75, 3.05) is 78.5 Å². The van der Waals surface area contributed by atoms with Gasteiger partial charge in [-0.3, -0.25) is 9.59 Å². The number of rotatable bonds is 4. The first-order valence-electron chi connectivity index (χ1n) is 12.4. The highest BCUT2D eigenvalue weighted by molar-refractivity contribution is 5.78. The van der Waals surface area contributed by atoms with Crippen LogP contribution >= 0.6 is 0 Å². The summed E-state index contributed by atoms with van der Waals surface area (Å²) in [6.45, 7) is 20.6. The highest BCUT2D eigenvalue weighted by Gasteiger charge is 2.51. The molecule has 0 N–H and O–H groups in total. The van der Waals surface area contributed by atoms with Crippen LogP contribution in [-0.4, -0.2) is 109 Å². The first kappa shape index (κ1) is 22.1. The summed E-state index contributed by atoms with van der Waals surface area (Å²) in [5.74, 6) is 3.21. The lowest BCUT2D eigenvalue weighted by Gasteiger charge is -2.55. The number of hydrogen-bond donors (Lipinski definition) is 0. The minimum atomic E-state index is 0.364. The Labute approximate surface area is 183 Å². The Hall–Kier alpha value is -1.14. The van der Waals surface area contributed by atoms with Crippen LogP contribution in [0.4, 0.5) is 0 Å². The molecule has 5 heterocycles. The molecule has 6 heteroatoms. The molecule has 0 aromatic carbocycles. The molecule has 5 rings (SSSR count). The maximum absolute atomic E-state index is 13.1. The maximum Gasteiger partial charge on any atom is 0.277 e. The van der Waals surface area contributed by atoms with Crippen molar-refractivity contribution in [2.45, 2.75) is 40.5 Å². The lowest BCUT2D eigenvalue weighted by Crippen LogP contribution is -2.77. The predicted molar refractivity (Wildman–Crippen MR) is 119 cm³/mol. The molecule has 6 nitrogen and oxygen atoms in total. The second-order valence-corrected chi connectivity index (χ2v) is 11.8. The van der Waals surface area contributed by atoms with E-state index in [-0.39, 0.29) is 0 Å². The number of likely N-dealkylation sites (tertiary alicyclic amines) is 2. The summed E-state index contributed by atoms with van der Waals surface area (Å²) in [4.78, 5) is 30.5. The van der Waals surface area contributed by atoms with Crippen molar-refractivity contribution in [2.24, 2.45) is 23.7 Å². The number of carbonyl (C=O) groups is 2. The summed E-state index contributed by atoms with van der Waals surface area (Å²) in [5.41, 5.74) is 0. The van der Waals surface area contributed by atoms with Gasteiger partial charge in [0.2, 0.25) is 0 Å². The minimum absolute atomic E-state index is 0.364. The lowest BCUT2D eigenvalue weighted by molar-refractivity contribution is -1.07. The molecule has 5 fully saturated rings. The first-order chi connectivity index (χ1) is 14.2. The van der Waals surface area contributed by atoms with Crippen molar-refractivity contribution in [1.29, 1.82) is 0 Å². The fourth-order valence-electron chi connectivity index (χ4n) is 6.92. The fourth-order valence-corrected chi connectivity index (χ4v) is 6.92. The molecule has 5 aliphatic heterocycles. The molecular weight excluding hydrogens is 376 g/mol. The predicted octanol–water partition coefficient (Wildman–Crippen LogP) is 1.66. The van der Waals surface area contributed by atoms with Gasteiger partial charge in [0, 0.05) is 26.2 Å². The summed E-state index contributed by atoms with van der Waals surface area (Å²) >= 11 is 0. The fraction of sp³-hybridized carbons (Fsp3) is 0.917. The van der Waals surface area contributed by atoms with E-state index in [1.165, 1.54) is 12.8 Å². The molecule has 170 valence electrons. The minimum Gasteiger partial charge on any atom is -0.337 e. The highest BCUT2D eigenvalue weighted by atomic mass is 16.2. The van der Waals surface area contributed by atoms with Gasteiger partial charge in [0.25, 0.3) is 11.8 Å². The smallest absolute Gasteiger partial charge is 0.277 e. The van der Waals surface area contributed by atoms with E-state index in [1.807, 2.05) is 0 Å². The number of piperidine rings is 2. The first-order valence-corrected chi connectivity index (χ1v) is 12.4. The zero-order chi connectivity index (χ0) is 21.5. The summed E-state index contributed by atoms with van der Waals surface area (Å²) in [5, 5.41) is 0. The molecule has 5 aliphatic rings. The highest BCUT2D eigenvalue weighted by Crippen LogP contribution is 2.29. The third kappa shape index (κ3) is 4.69. The number of carbonyl (C=O) groups excluding carboxylic acids is 2. The van der Waals surface area contributed by atoms with E-state index < -0.39 is 0 Å². The van der Waals surface area contributed by atoms with Gasteiger partial charge in [0.05, 0.1) is 0 Å². The molecule has 0 aliphatic carbocycles. The van der Waals surface area contributed by atoms with Crippen molar-refractivity contribution in [1.82, 2.24) is 9.80 Å². The van der Waals surface area contributed by atoms with Crippen LogP contribution in [0.15, 0.2) is 0 Å². The van der Waals surface area contributed by atoms with Gasteiger partial charge in [-0.15, -0.1) is 0 Å². The Kier molecular flexibility index (Phi) is 6.19. The molecule has 0 spiro atoms. The quantitative estimate of drug-likeness (QED) is 0.649. The van der Waals surface area contributed by atoms with Gasteiger partial charge in [0.15, 0.2) is 13.1 Å². The van der Waals surface area contributed by atoms with E-state index >= 15 is 0 Å². The van der Waals surface area contributed by atoms with E-state index in [0.29, 0.717) is 48.6 Å². The van der Waals surface area contributed by atoms with E-state index in [4.69, 9.17) is 0 Å². The average Bonchev–Trinajstić information content (AvgIpc) is 2.68. The number of amides is 2. The monoisotopic (exact) mass is 420 g/mol. The van der Waals surface area contributed by atoms with Crippen molar-refractivity contribution < 1.29 is 18.6 Å². The average molecular weight is 421 g/mol. The molecule has 4 unspecified atom stereocenters. The Bertz CT molecular complexity index is 565. The van der Waals surface area contributed by atoms with Crippen molar-refractivity contribution in [3.05, 3.63) is 0 Å². The van der Waals surface area contributed by atoms with Crippen LogP contribution < -0.4 is 0 Å². The van der Waals surface area contributed by atoms with Crippen molar-refractivity contribution in [3.63, 3.8) is 0 Å². The second kappa shape index (κ2) is 8.42. The lowest BCUT2D eigenvalue weighted by atomic mass is 9.91. The van der Waals surface area contributed by atoms with Crippen LogP contribution in [0.3, 0.4) is 0 Å². The van der Waals surface area contributed by atoms with Gasteiger partial charge in [-0.05, 0) is 36.5 Å². The summed E-state index contributed by atoms with van der Waals surface area (Å²) in [6, 6.07) is 0. The van der Waals surface area contributed by atoms with Gasteiger partial charge < -0.3 is 18.8 Å². The number of quaternary nitrogens is 2. The summed E-state index contributed by atoms with van der Waals surface area (Å²) in [6.07, 6.45) is 2.48.